The summed E-state index contributed by atoms with van der Waals surface area (Å²) in [6, 6.07) is 9.31. The minimum absolute atomic E-state index is 0.117. The van der Waals surface area contributed by atoms with E-state index >= 15 is 0 Å². The van der Waals surface area contributed by atoms with Gasteiger partial charge in [0.15, 0.2) is 5.60 Å². The van der Waals surface area contributed by atoms with Gasteiger partial charge in [-0.1, -0.05) is 55.2 Å². The second-order valence-corrected chi connectivity index (χ2v) is 7.84. The lowest BCUT2D eigenvalue weighted by Crippen LogP contribution is -2.50. The molecule has 1 N–H and O–H groups in total. The molecule has 0 aliphatic carbocycles. The minimum Gasteiger partial charge on any atom is -0.380 e. The number of halogens is 6. The van der Waals surface area contributed by atoms with Crippen molar-refractivity contribution in [3.05, 3.63) is 69.5 Å². The number of benzene rings is 2. The molecule has 0 saturated carbocycles. The molecule has 2 aromatic carbocycles. The fraction of sp³-hybridized carbons (Fsp3) is 0.368. The molecule has 7 heteroatoms. The summed E-state index contributed by atoms with van der Waals surface area (Å²) < 4.78 is 54.2. The lowest BCUT2D eigenvalue weighted by atomic mass is 9.73. The molecule has 2 rings (SSSR count). The zero-order chi connectivity index (χ0) is 19.8. The number of aliphatic hydroxyl groups is 1. The van der Waals surface area contributed by atoms with Crippen molar-refractivity contribution < 1.29 is 22.7 Å². The van der Waals surface area contributed by atoms with Crippen LogP contribution in [-0.2, 0) is 11.8 Å². The van der Waals surface area contributed by atoms with Crippen molar-refractivity contribution in [2.75, 3.05) is 0 Å². The lowest BCUT2D eigenvalue weighted by Gasteiger charge is -2.38. The Morgan fingerprint density at radius 2 is 1.50 bits per heavy atom. The van der Waals surface area contributed by atoms with Crippen molar-refractivity contribution in [2.45, 2.75) is 43.9 Å². The Bertz CT molecular complexity index is 772. The Hall–Kier alpha value is -1.30. The van der Waals surface area contributed by atoms with Crippen molar-refractivity contribution in [3.8, 4) is 0 Å². The number of hydrogen-bond acceptors (Lipinski definition) is 1. The molecule has 0 fully saturated rings. The van der Waals surface area contributed by atoms with Crippen LogP contribution in [0, 0.1) is 5.82 Å². The van der Waals surface area contributed by atoms with Crippen molar-refractivity contribution >= 4 is 23.2 Å². The fourth-order valence-electron chi connectivity index (χ4n) is 2.98. The summed E-state index contributed by atoms with van der Waals surface area (Å²) in [5.41, 5.74) is -3.32. The Balaban J connectivity index is 2.36. The van der Waals surface area contributed by atoms with Gasteiger partial charge >= 0.3 is 6.18 Å². The molecule has 0 heterocycles. The van der Waals surface area contributed by atoms with Crippen LogP contribution in [0.2, 0.25) is 10.0 Å². The van der Waals surface area contributed by atoms with Crippen molar-refractivity contribution in [2.24, 2.45) is 0 Å². The maximum absolute atomic E-state index is 13.7. The molecule has 0 aliphatic rings. The molecule has 0 radical (unpaired) electrons. The van der Waals surface area contributed by atoms with Crippen LogP contribution in [0.15, 0.2) is 42.5 Å². The highest BCUT2D eigenvalue weighted by Crippen LogP contribution is 2.43. The van der Waals surface area contributed by atoms with E-state index in [0.717, 1.165) is 0 Å². The minimum atomic E-state index is -4.86. The molecule has 1 unspecified atom stereocenters. The van der Waals surface area contributed by atoms with Crippen LogP contribution >= 0.6 is 23.2 Å². The zero-order valence-corrected chi connectivity index (χ0v) is 15.7. The molecule has 0 bridgehead atoms. The van der Waals surface area contributed by atoms with Gasteiger partial charge in [-0.2, -0.15) is 13.2 Å². The van der Waals surface area contributed by atoms with Gasteiger partial charge in [0.05, 0.1) is 10.0 Å². The van der Waals surface area contributed by atoms with Gasteiger partial charge in [-0.15, -0.1) is 0 Å². The van der Waals surface area contributed by atoms with E-state index in [0.29, 0.717) is 5.56 Å². The van der Waals surface area contributed by atoms with Crippen LogP contribution in [0.3, 0.4) is 0 Å². The van der Waals surface area contributed by atoms with Gasteiger partial charge in [0, 0.05) is 6.42 Å². The average Bonchev–Trinajstić information content (AvgIpc) is 2.50. The van der Waals surface area contributed by atoms with Gasteiger partial charge in [0.1, 0.15) is 5.82 Å². The molecule has 0 spiro atoms. The highest BCUT2D eigenvalue weighted by atomic mass is 35.5. The van der Waals surface area contributed by atoms with Crippen LogP contribution in [0.1, 0.15) is 31.4 Å². The molecule has 1 atom stereocenters. The van der Waals surface area contributed by atoms with Crippen LogP contribution in [0.5, 0.6) is 0 Å². The summed E-state index contributed by atoms with van der Waals surface area (Å²) in [5.74, 6) is -0.480. The lowest BCUT2D eigenvalue weighted by molar-refractivity contribution is -0.266. The van der Waals surface area contributed by atoms with Gasteiger partial charge in [-0.3, -0.25) is 0 Å². The molecular formula is C19H18Cl2F4O. The first-order valence-electron chi connectivity index (χ1n) is 7.83. The summed E-state index contributed by atoms with van der Waals surface area (Å²) in [7, 11) is 0. The second kappa shape index (κ2) is 7.37. The van der Waals surface area contributed by atoms with Crippen molar-refractivity contribution in [1.82, 2.24) is 0 Å². The highest BCUT2D eigenvalue weighted by Gasteiger charge is 2.55. The summed E-state index contributed by atoms with van der Waals surface area (Å²) in [6.07, 6.45) is -6.14. The van der Waals surface area contributed by atoms with E-state index in [1.54, 1.807) is 13.8 Å². The van der Waals surface area contributed by atoms with Gasteiger partial charge in [0.25, 0.3) is 0 Å². The van der Waals surface area contributed by atoms with Crippen LogP contribution in [0.25, 0.3) is 0 Å². The summed E-state index contributed by atoms with van der Waals surface area (Å²) >= 11 is 11.7. The van der Waals surface area contributed by atoms with Crippen LogP contribution in [0.4, 0.5) is 17.6 Å². The van der Waals surface area contributed by atoms with E-state index in [1.807, 2.05) is 0 Å². The molecule has 142 valence electrons. The largest absolute Gasteiger partial charge is 0.417 e. The van der Waals surface area contributed by atoms with Gasteiger partial charge in [-0.25, -0.2) is 4.39 Å². The zero-order valence-electron chi connectivity index (χ0n) is 14.2. The summed E-state index contributed by atoms with van der Waals surface area (Å²) in [5, 5.41) is 10.9. The van der Waals surface area contributed by atoms with Gasteiger partial charge < -0.3 is 5.11 Å². The van der Waals surface area contributed by atoms with Gasteiger partial charge in [0.2, 0.25) is 0 Å². The SMILES string of the molecule is CC(C)(CC(O)(Cc1ccc(Cl)c(Cl)c1)C(F)(F)F)c1ccc(F)cc1. The van der Waals surface area contributed by atoms with E-state index in [9.17, 15) is 22.7 Å². The first kappa shape index (κ1) is 21.0. The monoisotopic (exact) mass is 408 g/mol. The van der Waals surface area contributed by atoms with E-state index < -0.39 is 35.9 Å². The maximum Gasteiger partial charge on any atom is 0.417 e. The Morgan fingerprint density at radius 3 is 2.00 bits per heavy atom. The standard InChI is InChI=1S/C19H18Cl2F4O/c1-17(2,13-4-6-14(22)7-5-13)11-18(26,19(23,24)25)10-12-3-8-15(20)16(21)9-12/h3-9,26H,10-11H2,1-2H3. The summed E-state index contributed by atoms with van der Waals surface area (Å²) in [4.78, 5) is 0. The van der Waals surface area contributed by atoms with Crippen LogP contribution in [-0.4, -0.2) is 16.9 Å². The number of hydrogen-bond donors (Lipinski definition) is 1. The first-order valence-corrected chi connectivity index (χ1v) is 8.59. The molecule has 0 aliphatic heterocycles. The number of alkyl halides is 3. The second-order valence-electron chi connectivity index (χ2n) is 7.02. The van der Waals surface area contributed by atoms with E-state index in [4.69, 9.17) is 23.2 Å². The van der Waals surface area contributed by atoms with E-state index in [1.165, 1.54) is 42.5 Å². The van der Waals surface area contributed by atoms with E-state index in [-0.39, 0.29) is 15.6 Å². The predicted octanol–water partition coefficient (Wildman–Crippen LogP) is 6.34. The van der Waals surface area contributed by atoms with E-state index in [2.05, 4.69) is 0 Å². The topological polar surface area (TPSA) is 20.2 Å². The van der Waals surface area contributed by atoms with Crippen LogP contribution < -0.4 is 0 Å². The highest BCUT2D eigenvalue weighted by molar-refractivity contribution is 6.42. The van der Waals surface area contributed by atoms with Crippen molar-refractivity contribution in [3.63, 3.8) is 0 Å². The fourth-order valence-corrected chi connectivity index (χ4v) is 3.31. The Labute approximate surface area is 159 Å². The predicted molar refractivity (Wildman–Crippen MR) is 95.2 cm³/mol. The Morgan fingerprint density at radius 1 is 0.923 bits per heavy atom. The third-order valence-corrected chi connectivity index (χ3v) is 5.11. The average molecular weight is 409 g/mol. The van der Waals surface area contributed by atoms with Gasteiger partial charge in [-0.05, 0) is 47.2 Å². The summed E-state index contributed by atoms with van der Waals surface area (Å²) in [6.45, 7) is 3.15. The molecule has 0 amide bonds. The molecule has 0 aromatic heterocycles. The molecule has 2 aromatic rings. The van der Waals surface area contributed by atoms with Crippen molar-refractivity contribution in [1.29, 1.82) is 0 Å². The smallest absolute Gasteiger partial charge is 0.380 e. The quantitative estimate of drug-likeness (QED) is 0.572. The molecule has 1 nitrogen and oxygen atoms in total. The Kier molecular flexibility index (Phi) is 5.96. The molecular weight excluding hydrogens is 391 g/mol. The molecule has 26 heavy (non-hydrogen) atoms. The third kappa shape index (κ3) is 4.70. The number of rotatable bonds is 5. The maximum atomic E-state index is 13.7. The third-order valence-electron chi connectivity index (χ3n) is 4.37. The normalized spacial score (nSPS) is 15.0. The molecule has 0 saturated heterocycles. The first-order chi connectivity index (χ1) is 11.8.